The molecule has 0 aliphatic heterocycles. The first-order valence-corrected chi connectivity index (χ1v) is 6.86. The lowest BCUT2D eigenvalue weighted by Gasteiger charge is -2.00. The van der Waals surface area contributed by atoms with Crippen molar-refractivity contribution in [2.75, 3.05) is 0 Å². The highest BCUT2D eigenvalue weighted by atomic mass is 32.1. The molecule has 2 heterocycles. The van der Waals surface area contributed by atoms with Crippen LogP contribution in [0.25, 0.3) is 31.6 Å². The lowest BCUT2D eigenvalue weighted by molar-refractivity contribution is 1.21. The second-order valence-corrected chi connectivity index (χ2v) is 5.37. The van der Waals surface area contributed by atoms with E-state index in [0.29, 0.717) is 0 Å². The predicted molar refractivity (Wildman–Crippen MR) is 79.2 cm³/mol. The van der Waals surface area contributed by atoms with E-state index in [4.69, 9.17) is 0 Å². The van der Waals surface area contributed by atoms with Crippen LogP contribution in [0.15, 0.2) is 54.6 Å². The molecule has 2 nitrogen and oxygen atoms in total. The van der Waals surface area contributed by atoms with E-state index in [-0.39, 0.29) is 0 Å². The molecule has 0 spiro atoms. The van der Waals surface area contributed by atoms with Crippen LogP contribution in [0.4, 0.5) is 0 Å². The zero-order chi connectivity index (χ0) is 12.7. The molecule has 19 heavy (non-hydrogen) atoms. The van der Waals surface area contributed by atoms with Gasteiger partial charge >= 0.3 is 0 Å². The fourth-order valence-corrected chi connectivity index (χ4v) is 3.42. The van der Waals surface area contributed by atoms with Crippen LogP contribution in [0.3, 0.4) is 0 Å². The predicted octanol–water partition coefficient (Wildman–Crippen LogP) is 4.31. The molecule has 4 aromatic rings. The summed E-state index contributed by atoms with van der Waals surface area (Å²) < 4.78 is 2.37. The van der Waals surface area contributed by atoms with Crippen LogP contribution in [0, 0.1) is 6.33 Å². The molecule has 0 fully saturated rings. The third-order valence-corrected chi connectivity index (χ3v) is 4.32. The van der Waals surface area contributed by atoms with Gasteiger partial charge in [-0.3, -0.25) is 0 Å². The molecule has 0 amide bonds. The van der Waals surface area contributed by atoms with E-state index in [1.54, 1.807) is 11.3 Å². The van der Waals surface area contributed by atoms with E-state index < -0.39 is 0 Å². The Morgan fingerprint density at radius 2 is 1.63 bits per heavy atom. The first-order valence-electron chi connectivity index (χ1n) is 6.04. The van der Waals surface area contributed by atoms with Crippen molar-refractivity contribution in [2.24, 2.45) is 0 Å². The lowest BCUT2D eigenvalue weighted by Crippen LogP contribution is -1.85. The zero-order valence-electron chi connectivity index (χ0n) is 10.00. The van der Waals surface area contributed by atoms with Crippen molar-refractivity contribution in [1.82, 2.24) is 9.97 Å². The number of fused-ring (bicyclic) bond motifs is 3. The molecule has 0 saturated heterocycles. The van der Waals surface area contributed by atoms with Crippen LogP contribution in [0.1, 0.15) is 0 Å². The van der Waals surface area contributed by atoms with Gasteiger partial charge in [-0.15, -0.1) is 11.3 Å². The Morgan fingerprint density at radius 1 is 0.842 bits per heavy atom. The fraction of sp³-hybridized carbons (Fsp3) is 0. The average Bonchev–Trinajstić information content (AvgIpc) is 2.87. The van der Waals surface area contributed by atoms with Gasteiger partial charge in [-0.25, -0.2) is 9.97 Å². The Balaban J connectivity index is 2.13. The molecule has 1 radical (unpaired) electrons. The van der Waals surface area contributed by atoms with E-state index >= 15 is 0 Å². The molecule has 2 aromatic carbocycles. The smallest absolute Gasteiger partial charge is 0.199 e. The summed E-state index contributed by atoms with van der Waals surface area (Å²) in [4.78, 5) is 8.68. The van der Waals surface area contributed by atoms with Crippen molar-refractivity contribution in [3.8, 4) is 11.3 Å². The fourth-order valence-electron chi connectivity index (χ4n) is 2.27. The minimum atomic E-state index is 0.965. The normalized spacial score (nSPS) is 11.2. The molecule has 0 unspecified atom stereocenters. The van der Waals surface area contributed by atoms with Gasteiger partial charge in [-0.2, -0.15) is 0 Å². The zero-order valence-corrected chi connectivity index (χ0v) is 10.8. The van der Waals surface area contributed by atoms with Gasteiger partial charge in [-0.05, 0) is 6.07 Å². The molecule has 2 aromatic heterocycles. The minimum Gasteiger partial charge on any atom is -0.224 e. The number of benzene rings is 2. The van der Waals surface area contributed by atoms with Crippen LogP contribution in [-0.4, -0.2) is 9.97 Å². The summed E-state index contributed by atoms with van der Waals surface area (Å²) in [6, 6.07) is 18.5. The summed E-state index contributed by atoms with van der Waals surface area (Å²) >= 11 is 1.74. The number of thiophene rings is 1. The number of hydrogen-bond donors (Lipinski definition) is 0. The Bertz CT molecular complexity index is 866. The summed E-state index contributed by atoms with van der Waals surface area (Å²) in [5.41, 5.74) is 3.07. The molecule has 89 valence electrons. The Kier molecular flexibility index (Phi) is 2.32. The van der Waals surface area contributed by atoms with Gasteiger partial charge in [0.05, 0.1) is 15.9 Å². The maximum atomic E-state index is 4.35. The third kappa shape index (κ3) is 1.63. The molecular formula is C16H9N2S. The van der Waals surface area contributed by atoms with Crippen LogP contribution in [-0.2, 0) is 0 Å². The number of hydrogen-bond acceptors (Lipinski definition) is 3. The highest BCUT2D eigenvalue weighted by Gasteiger charge is 2.11. The topological polar surface area (TPSA) is 25.8 Å². The summed E-state index contributed by atoms with van der Waals surface area (Å²) in [6.45, 7) is 0. The lowest BCUT2D eigenvalue weighted by atomic mass is 10.1. The quantitative estimate of drug-likeness (QED) is 0.510. The van der Waals surface area contributed by atoms with Crippen molar-refractivity contribution in [3.63, 3.8) is 0 Å². The standard InChI is InChI=1S/C16H9N2S/c1-2-6-11(7-3-1)14-16-15(18-10-17-14)12-8-4-5-9-13(12)19-16/h1-9H. The summed E-state index contributed by atoms with van der Waals surface area (Å²) in [6.07, 6.45) is 2.79. The molecule has 0 aliphatic carbocycles. The van der Waals surface area contributed by atoms with Gasteiger partial charge in [-0.1, -0.05) is 48.5 Å². The van der Waals surface area contributed by atoms with Crippen molar-refractivity contribution in [3.05, 3.63) is 60.9 Å². The monoisotopic (exact) mass is 261 g/mol. The molecule has 0 N–H and O–H groups in total. The molecule has 0 bridgehead atoms. The van der Waals surface area contributed by atoms with Gasteiger partial charge in [0.15, 0.2) is 6.33 Å². The Morgan fingerprint density at radius 3 is 2.53 bits per heavy atom. The molecule has 0 aliphatic rings. The van der Waals surface area contributed by atoms with E-state index in [1.165, 1.54) is 10.1 Å². The van der Waals surface area contributed by atoms with Gasteiger partial charge in [0.25, 0.3) is 0 Å². The minimum absolute atomic E-state index is 0.965. The van der Waals surface area contributed by atoms with Crippen LogP contribution >= 0.6 is 11.3 Å². The maximum Gasteiger partial charge on any atom is 0.199 e. The summed E-state index contributed by atoms with van der Waals surface area (Å²) in [5, 5.41) is 1.18. The second-order valence-electron chi connectivity index (χ2n) is 4.31. The molecule has 0 saturated carbocycles. The molecule has 3 heteroatoms. The van der Waals surface area contributed by atoms with E-state index in [9.17, 15) is 0 Å². The van der Waals surface area contributed by atoms with Crippen LogP contribution in [0.2, 0.25) is 0 Å². The molecule has 4 rings (SSSR count). The van der Waals surface area contributed by atoms with Crippen molar-refractivity contribution in [1.29, 1.82) is 0 Å². The second kappa shape index (κ2) is 4.14. The third-order valence-electron chi connectivity index (χ3n) is 3.16. The summed E-state index contributed by atoms with van der Waals surface area (Å²) in [7, 11) is 0. The Hall–Kier alpha value is -2.26. The molecular weight excluding hydrogens is 252 g/mol. The highest BCUT2D eigenvalue weighted by molar-refractivity contribution is 7.26. The number of aromatic nitrogens is 2. The first-order chi connectivity index (χ1) is 9.43. The van der Waals surface area contributed by atoms with E-state index in [1.807, 2.05) is 24.3 Å². The first kappa shape index (κ1) is 10.6. The largest absolute Gasteiger partial charge is 0.224 e. The molecule has 0 atom stereocenters. The number of nitrogens with zero attached hydrogens (tertiary/aromatic N) is 2. The summed E-state index contributed by atoms with van der Waals surface area (Å²) in [5.74, 6) is 0. The maximum absolute atomic E-state index is 4.35. The SMILES string of the molecule is [c]1nc(-c2ccccc2)c2sc3ccccc3c2n1. The van der Waals surface area contributed by atoms with Crippen molar-refractivity contribution >= 4 is 31.6 Å². The van der Waals surface area contributed by atoms with Crippen LogP contribution in [0.5, 0.6) is 0 Å². The Labute approximate surface area is 114 Å². The van der Waals surface area contributed by atoms with Gasteiger partial charge < -0.3 is 0 Å². The van der Waals surface area contributed by atoms with Crippen molar-refractivity contribution in [2.45, 2.75) is 0 Å². The van der Waals surface area contributed by atoms with E-state index in [2.05, 4.69) is 46.6 Å². The van der Waals surface area contributed by atoms with Crippen LogP contribution < -0.4 is 0 Å². The van der Waals surface area contributed by atoms with Gasteiger partial charge in [0.2, 0.25) is 0 Å². The van der Waals surface area contributed by atoms with E-state index in [0.717, 1.165) is 21.5 Å². The van der Waals surface area contributed by atoms with Gasteiger partial charge in [0, 0.05) is 15.6 Å². The van der Waals surface area contributed by atoms with Crippen molar-refractivity contribution < 1.29 is 0 Å². The highest BCUT2D eigenvalue weighted by Crippen LogP contribution is 2.36. The average molecular weight is 261 g/mol. The number of rotatable bonds is 1. The van der Waals surface area contributed by atoms with Gasteiger partial charge in [0.1, 0.15) is 0 Å².